The van der Waals surface area contributed by atoms with Crippen molar-refractivity contribution >= 4 is 21.8 Å². The van der Waals surface area contributed by atoms with Crippen LogP contribution in [0.5, 0.6) is 0 Å². The summed E-state index contributed by atoms with van der Waals surface area (Å²) in [5.74, 6) is 1.43. The van der Waals surface area contributed by atoms with E-state index < -0.39 is 0 Å². The number of carbonyl (C=O) groups is 1. The van der Waals surface area contributed by atoms with E-state index in [1.165, 1.54) is 32.1 Å². The molecule has 0 aromatic heterocycles. The Kier molecular flexibility index (Phi) is 8.78. The highest BCUT2D eigenvalue weighted by Gasteiger charge is 2.28. The Bertz CT molecular complexity index is 278. The van der Waals surface area contributed by atoms with Crippen LogP contribution in [0.2, 0.25) is 0 Å². The third-order valence-corrected chi connectivity index (χ3v) is 4.91. The first kappa shape index (κ1) is 18.0. The molecule has 1 fully saturated rings. The molecule has 20 heavy (non-hydrogen) atoms. The average Bonchev–Trinajstić information content (AvgIpc) is 2.45. The predicted molar refractivity (Wildman–Crippen MR) is 87.2 cm³/mol. The number of halogens is 1. The lowest BCUT2D eigenvalue weighted by atomic mass is 9.79. The zero-order valence-electron chi connectivity index (χ0n) is 13.2. The van der Waals surface area contributed by atoms with E-state index in [0.29, 0.717) is 12.5 Å². The fourth-order valence-electron chi connectivity index (χ4n) is 3.12. The number of unbranched alkanes of at least 4 members (excludes halogenated alkanes) is 1. The monoisotopic (exact) mass is 347 g/mol. The topological polar surface area (TPSA) is 29.5 Å². The van der Waals surface area contributed by atoms with Gasteiger partial charge in [0.25, 0.3) is 0 Å². The van der Waals surface area contributed by atoms with Gasteiger partial charge in [0.05, 0.1) is 11.4 Å². The summed E-state index contributed by atoms with van der Waals surface area (Å²) in [6.07, 6.45) is 8.60. The number of hydrogen-bond donors (Lipinski definition) is 0. The molecule has 1 aliphatic carbocycles. The highest BCUT2D eigenvalue weighted by Crippen LogP contribution is 2.32. The van der Waals surface area contributed by atoms with Crippen LogP contribution in [-0.2, 0) is 9.53 Å². The van der Waals surface area contributed by atoms with Crippen LogP contribution in [0.1, 0.15) is 51.9 Å². The first-order chi connectivity index (χ1) is 9.58. The second kappa shape index (κ2) is 9.78. The van der Waals surface area contributed by atoms with Gasteiger partial charge >= 0.3 is 0 Å². The Hall–Kier alpha value is -0.0900. The first-order valence-corrected chi connectivity index (χ1v) is 8.88. The number of amides is 1. The lowest BCUT2D eigenvalue weighted by molar-refractivity contribution is -0.135. The smallest absolute Gasteiger partial charge is 0.225 e. The standard InChI is InChI=1S/C16H30BrNO2/c1-4-5-6-13-7-9-14(10-8-13)16(19)18(2)11-15(17)12-20-3/h13-15H,4-12H2,1-3H3. The molecule has 0 spiro atoms. The van der Waals surface area contributed by atoms with E-state index in [2.05, 4.69) is 22.9 Å². The Morgan fingerprint density at radius 2 is 2.00 bits per heavy atom. The Balaban J connectivity index is 2.30. The van der Waals surface area contributed by atoms with Crippen LogP contribution < -0.4 is 0 Å². The van der Waals surface area contributed by atoms with Gasteiger partial charge in [-0.2, -0.15) is 0 Å². The zero-order valence-corrected chi connectivity index (χ0v) is 14.8. The van der Waals surface area contributed by atoms with Crippen LogP contribution in [0.25, 0.3) is 0 Å². The van der Waals surface area contributed by atoms with Crippen LogP contribution >= 0.6 is 15.9 Å². The second-order valence-electron chi connectivity index (χ2n) is 6.13. The fraction of sp³-hybridized carbons (Fsp3) is 0.938. The van der Waals surface area contributed by atoms with Crippen molar-refractivity contribution < 1.29 is 9.53 Å². The van der Waals surface area contributed by atoms with Gasteiger partial charge in [-0.1, -0.05) is 42.1 Å². The van der Waals surface area contributed by atoms with Crippen LogP contribution in [0.15, 0.2) is 0 Å². The molecule has 0 aromatic carbocycles. The van der Waals surface area contributed by atoms with Crippen LogP contribution in [0.3, 0.4) is 0 Å². The lowest BCUT2D eigenvalue weighted by Crippen LogP contribution is -2.39. The molecule has 1 unspecified atom stereocenters. The highest BCUT2D eigenvalue weighted by atomic mass is 79.9. The summed E-state index contributed by atoms with van der Waals surface area (Å²) >= 11 is 3.55. The van der Waals surface area contributed by atoms with Gasteiger partial charge in [0.1, 0.15) is 0 Å². The van der Waals surface area contributed by atoms with Crippen molar-refractivity contribution in [3.05, 3.63) is 0 Å². The van der Waals surface area contributed by atoms with Crippen molar-refractivity contribution in [2.45, 2.75) is 56.7 Å². The minimum absolute atomic E-state index is 0.224. The number of rotatable bonds is 8. The van der Waals surface area contributed by atoms with Gasteiger partial charge in [0, 0.05) is 26.6 Å². The summed E-state index contributed by atoms with van der Waals surface area (Å²) in [5, 5.41) is 0. The molecule has 0 aliphatic heterocycles. The van der Waals surface area contributed by atoms with E-state index >= 15 is 0 Å². The molecule has 1 amide bonds. The van der Waals surface area contributed by atoms with Crippen molar-refractivity contribution in [3.63, 3.8) is 0 Å². The van der Waals surface area contributed by atoms with Crippen LogP contribution in [0, 0.1) is 11.8 Å². The molecular formula is C16H30BrNO2. The fourth-order valence-corrected chi connectivity index (χ4v) is 3.82. The number of methoxy groups -OCH3 is 1. The highest BCUT2D eigenvalue weighted by molar-refractivity contribution is 9.09. The molecule has 118 valence electrons. The van der Waals surface area contributed by atoms with E-state index in [9.17, 15) is 4.79 Å². The van der Waals surface area contributed by atoms with Gasteiger partial charge in [-0.15, -0.1) is 0 Å². The number of nitrogens with zero attached hydrogens (tertiary/aromatic N) is 1. The van der Waals surface area contributed by atoms with Crippen molar-refractivity contribution in [2.75, 3.05) is 27.3 Å². The minimum atomic E-state index is 0.224. The van der Waals surface area contributed by atoms with E-state index in [4.69, 9.17) is 4.74 Å². The van der Waals surface area contributed by atoms with Gasteiger partial charge in [0.15, 0.2) is 0 Å². The first-order valence-electron chi connectivity index (χ1n) is 7.96. The van der Waals surface area contributed by atoms with Gasteiger partial charge in [0.2, 0.25) is 5.91 Å². The van der Waals surface area contributed by atoms with Gasteiger partial charge < -0.3 is 9.64 Å². The molecule has 0 saturated heterocycles. The third kappa shape index (κ3) is 6.13. The maximum atomic E-state index is 12.4. The molecule has 0 bridgehead atoms. The van der Waals surface area contributed by atoms with E-state index in [1.807, 2.05) is 11.9 Å². The molecule has 0 radical (unpaired) electrons. The molecule has 0 heterocycles. The summed E-state index contributed by atoms with van der Waals surface area (Å²) in [7, 11) is 3.60. The molecule has 3 nitrogen and oxygen atoms in total. The number of carbonyl (C=O) groups excluding carboxylic acids is 1. The number of alkyl halides is 1. The Labute approximate surface area is 132 Å². The summed E-state index contributed by atoms with van der Waals surface area (Å²) in [4.78, 5) is 14.5. The van der Waals surface area contributed by atoms with Crippen molar-refractivity contribution in [1.82, 2.24) is 4.90 Å². The quantitative estimate of drug-likeness (QED) is 0.624. The summed E-state index contributed by atoms with van der Waals surface area (Å²) in [6, 6.07) is 0. The SMILES string of the molecule is CCCCC1CCC(C(=O)N(C)CC(Br)COC)CC1. The van der Waals surface area contributed by atoms with Crippen LogP contribution in [0.4, 0.5) is 0 Å². The Morgan fingerprint density at radius 3 is 2.55 bits per heavy atom. The minimum Gasteiger partial charge on any atom is -0.383 e. The predicted octanol–water partition coefficient (Wildman–Crippen LogP) is 3.85. The maximum absolute atomic E-state index is 12.4. The molecule has 0 N–H and O–H groups in total. The molecular weight excluding hydrogens is 318 g/mol. The lowest BCUT2D eigenvalue weighted by Gasteiger charge is -2.31. The third-order valence-electron chi connectivity index (χ3n) is 4.36. The molecule has 1 aliphatic rings. The van der Waals surface area contributed by atoms with Gasteiger partial charge in [-0.25, -0.2) is 0 Å². The number of ether oxygens (including phenoxy) is 1. The zero-order chi connectivity index (χ0) is 15.0. The van der Waals surface area contributed by atoms with Crippen molar-refractivity contribution in [3.8, 4) is 0 Å². The van der Waals surface area contributed by atoms with Crippen LogP contribution in [-0.4, -0.2) is 42.9 Å². The van der Waals surface area contributed by atoms with Gasteiger partial charge in [-0.05, 0) is 31.6 Å². The molecule has 1 rings (SSSR count). The largest absolute Gasteiger partial charge is 0.383 e. The van der Waals surface area contributed by atoms with Crippen molar-refractivity contribution in [1.29, 1.82) is 0 Å². The second-order valence-corrected chi connectivity index (χ2v) is 7.43. The van der Waals surface area contributed by atoms with Gasteiger partial charge in [-0.3, -0.25) is 4.79 Å². The molecule has 1 atom stereocenters. The van der Waals surface area contributed by atoms with Crippen molar-refractivity contribution in [2.24, 2.45) is 11.8 Å². The number of hydrogen-bond acceptors (Lipinski definition) is 2. The Morgan fingerprint density at radius 1 is 1.35 bits per heavy atom. The molecule has 0 aromatic rings. The summed E-state index contributed by atoms with van der Waals surface area (Å²) < 4.78 is 5.10. The molecule has 1 saturated carbocycles. The molecule has 4 heteroatoms. The summed E-state index contributed by atoms with van der Waals surface area (Å²) in [5.41, 5.74) is 0. The normalized spacial score (nSPS) is 24.4. The van der Waals surface area contributed by atoms with E-state index in [-0.39, 0.29) is 10.7 Å². The van der Waals surface area contributed by atoms with E-state index in [0.717, 1.165) is 25.3 Å². The van der Waals surface area contributed by atoms with E-state index in [1.54, 1.807) is 7.11 Å². The summed E-state index contributed by atoms with van der Waals surface area (Å²) in [6.45, 7) is 3.62. The average molecular weight is 348 g/mol. The maximum Gasteiger partial charge on any atom is 0.225 e.